The standard InChI is InChI=1S/C15H26N4O2/c1-6-19(3)10-9-17-15(16-2)18-12-7-8-13(20-4)14(11-12)21-5/h7-8,11H,6,9-10H2,1-5H3,(H2,16,17,18). The second-order valence-electron chi connectivity index (χ2n) is 4.59. The van der Waals surface area contributed by atoms with Gasteiger partial charge in [-0.15, -0.1) is 0 Å². The fourth-order valence-corrected chi connectivity index (χ4v) is 1.75. The molecule has 0 atom stereocenters. The minimum Gasteiger partial charge on any atom is -0.493 e. The van der Waals surface area contributed by atoms with Crippen molar-refractivity contribution < 1.29 is 9.47 Å². The molecule has 0 saturated heterocycles. The molecule has 0 amide bonds. The molecule has 0 unspecified atom stereocenters. The van der Waals surface area contributed by atoms with Gasteiger partial charge in [-0.1, -0.05) is 6.92 Å². The molecule has 0 saturated carbocycles. The lowest BCUT2D eigenvalue weighted by Crippen LogP contribution is -2.36. The monoisotopic (exact) mass is 294 g/mol. The Morgan fingerprint density at radius 1 is 1.24 bits per heavy atom. The molecule has 0 aliphatic heterocycles. The van der Waals surface area contributed by atoms with E-state index in [1.165, 1.54) is 0 Å². The number of anilines is 1. The van der Waals surface area contributed by atoms with Gasteiger partial charge >= 0.3 is 0 Å². The Morgan fingerprint density at radius 3 is 2.52 bits per heavy atom. The largest absolute Gasteiger partial charge is 0.493 e. The van der Waals surface area contributed by atoms with Crippen LogP contribution in [0, 0.1) is 0 Å². The van der Waals surface area contributed by atoms with Crippen molar-refractivity contribution in [1.29, 1.82) is 0 Å². The number of ether oxygens (including phenoxy) is 2. The minimum atomic E-state index is 0.684. The quantitative estimate of drug-likeness (QED) is 0.591. The Balaban J connectivity index is 2.61. The fourth-order valence-electron chi connectivity index (χ4n) is 1.75. The molecular weight excluding hydrogens is 268 g/mol. The number of guanidine groups is 1. The number of likely N-dealkylation sites (N-methyl/N-ethyl adjacent to an activating group) is 1. The Labute approximate surface area is 127 Å². The third-order valence-corrected chi connectivity index (χ3v) is 3.20. The Hall–Kier alpha value is -1.95. The molecule has 0 aromatic heterocycles. The summed E-state index contributed by atoms with van der Waals surface area (Å²) >= 11 is 0. The van der Waals surface area contributed by atoms with Gasteiger partial charge in [0, 0.05) is 31.9 Å². The molecule has 6 nitrogen and oxygen atoms in total. The molecule has 1 aromatic carbocycles. The molecule has 0 spiro atoms. The first-order chi connectivity index (χ1) is 10.1. The van der Waals surface area contributed by atoms with Gasteiger partial charge in [-0.05, 0) is 25.7 Å². The number of rotatable bonds is 7. The van der Waals surface area contributed by atoms with Crippen molar-refractivity contribution in [1.82, 2.24) is 10.2 Å². The highest BCUT2D eigenvalue weighted by atomic mass is 16.5. The predicted octanol–water partition coefficient (Wildman–Crippen LogP) is 1.64. The second kappa shape index (κ2) is 9.07. The summed E-state index contributed by atoms with van der Waals surface area (Å²) in [6, 6.07) is 5.66. The van der Waals surface area contributed by atoms with Crippen LogP contribution in [0.4, 0.5) is 5.69 Å². The van der Waals surface area contributed by atoms with E-state index in [4.69, 9.17) is 9.47 Å². The molecule has 2 N–H and O–H groups in total. The lowest BCUT2D eigenvalue weighted by molar-refractivity contribution is 0.355. The van der Waals surface area contributed by atoms with Crippen LogP contribution in [0.1, 0.15) is 6.92 Å². The lowest BCUT2D eigenvalue weighted by Gasteiger charge is -2.17. The zero-order valence-corrected chi connectivity index (χ0v) is 13.6. The summed E-state index contributed by atoms with van der Waals surface area (Å²) in [5, 5.41) is 6.51. The molecule has 0 aliphatic rings. The SMILES string of the molecule is CCN(C)CCNC(=NC)Nc1ccc(OC)c(OC)c1. The molecular formula is C15H26N4O2. The maximum absolute atomic E-state index is 5.29. The van der Waals surface area contributed by atoms with E-state index in [-0.39, 0.29) is 0 Å². The third-order valence-electron chi connectivity index (χ3n) is 3.20. The molecule has 1 aromatic rings. The van der Waals surface area contributed by atoms with Crippen LogP contribution in [-0.2, 0) is 0 Å². The maximum atomic E-state index is 5.29. The molecule has 0 fully saturated rings. The van der Waals surface area contributed by atoms with Crippen molar-refractivity contribution in [3.05, 3.63) is 18.2 Å². The van der Waals surface area contributed by atoms with E-state index >= 15 is 0 Å². The van der Waals surface area contributed by atoms with Crippen LogP contribution in [0.2, 0.25) is 0 Å². The second-order valence-corrected chi connectivity index (χ2v) is 4.59. The molecule has 0 bridgehead atoms. The topological polar surface area (TPSA) is 58.1 Å². The van der Waals surface area contributed by atoms with E-state index in [1.807, 2.05) is 18.2 Å². The molecule has 0 aliphatic carbocycles. The van der Waals surface area contributed by atoms with Crippen LogP contribution in [0.5, 0.6) is 11.5 Å². The van der Waals surface area contributed by atoms with E-state index in [9.17, 15) is 0 Å². The van der Waals surface area contributed by atoms with Gasteiger partial charge in [0.1, 0.15) is 0 Å². The van der Waals surface area contributed by atoms with Gasteiger partial charge in [-0.2, -0.15) is 0 Å². The highest BCUT2D eigenvalue weighted by molar-refractivity contribution is 5.93. The number of nitrogens with one attached hydrogen (secondary N) is 2. The van der Waals surface area contributed by atoms with Crippen LogP contribution in [0.25, 0.3) is 0 Å². The van der Waals surface area contributed by atoms with Gasteiger partial charge in [-0.25, -0.2) is 0 Å². The average Bonchev–Trinajstić information content (AvgIpc) is 2.53. The van der Waals surface area contributed by atoms with Gasteiger partial charge in [0.25, 0.3) is 0 Å². The maximum Gasteiger partial charge on any atom is 0.195 e. The van der Waals surface area contributed by atoms with E-state index < -0.39 is 0 Å². The summed E-state index contributed by atoms with van der Waals surface area (Å²) in [4.78, 5) is 6.44. The van der Waals surface area contributed by atoms with E-state index in [1.54, 1.807) is 21.3 Å². The first kappa shape index (κ1) is 17.1. The van der Waals surface area contributed by atoms with Crippen molar-refractivity contribution in [3.63, 3.8) is 0 Å². The summed E-state index contributed by atoms with van der Waals surface area (Å²) in [5.74, 6) is 2.12. The van der Waals surface area contributed by atoms with Gasteiger partial charge in [-0.3, -0.25) is 4.99 Å². The van der Waals surface area contributed by atoms with Gasteiger partial charge in [0.05, 0.1) is 14.2 Å². The van der Waals surface area contributed by atoms with Crippen LogP contribution in [0.15, 0.2) is 23.2 Å². The number of methoxy groups -OCH3 is 2. The fraction of sp³-hybridized carbons (Fsp3) is 0.533. The Kier molecular flexibility index (Phi) is 7.39. The van der Waals surface area contributed by atoms with Gasteiger partial charge in [0.15, 0.2) is 17.5 Å². The molecule has 6 heteroatoms. The molecule has 1 rings (SSSR count). The summed E-state index contributed by atoms with van der Waals surface area (Å²) in [6.07, 6.45) is 0. The van der Waals surface area contributed by atoms with Crippen LogP contribution in [-0.4, -0.2) is 58.8 Å². The molecule has 21 heavy (non-hydrogen) atoms. The highest BCUT2D eigenvalue weighted by Gasteiger charge is 2.06. The van der Waals surface area contributed by atoms with E-state index in [0.717, 1.165) is 31.3 Å². The van der Waals surface area contributed by atoms with Crippen molar-refractivity contribution in [2.75, 3.05) is 53.3 Å². The Morgan fingerprint density at radius 2 is 1.95 bits per heavy atom. The van der Waals surface area contributed by atoms with Crippen molar-refractivity contribution in [2.45, 2.75) is 6.92 Å². The lowest BCUT2D eigenvalue weighted by atomic mass is 10.3. The number of nitrogens with zero attached hydrogens (tertiary/aromatic N) is 2. The predicted molar refractivity (Wildman–Crippen MR) is 87.7 cm³/mol. The third kappa shape index (κ3) is 5.51. The first-order valence-electron chi connectivity index (χ1n) is 7.02. The highest BCUT2D eigenvalue weighted by Crippen LogP contribution is 2.29. The zero-order valence-electron chi connectivity index (χ0n) is 13.6. The number of benzene rings is 1. The van der Waals surface area contributed by atoms with Crippen LogP contribution in [0.3, 0.4) is 0 Å². The number of hydrogen-bond acceptors (Lipinski definition) is 4. The normalized spacial score (nSPS) is 11.4. The minimum absolute atomic E-state index is 0.684. The average molecular weight is 294 g/mol. The number of hydrogen-bond donors (Lipinski definition) is 2. The van der Waals surface area contributed by atoms with Gasteiger partial charge < -0.3 is 25.0 Å². The molecule has 0 heterocycles. The van der Waals surface area contributed by atoms with Gasteiger partial charge in [0.2, 0.25) is 0 Å². The van der Waals surface area contributed by atoms with Crippen molar-refractivity contribution in [2.24, 2.45) is 4.99 Å². The molecule has 0 radical (unpaired) electrons. The summed E-state index contributed by atoms with van der Waals surface area (Å²) in [6.45, 7) is 4.96. The van der Waals surface area contributed by atoms with Crippen LogP contribution >= 0.6 is 0 Å². The summed E-state index contributed by atoms with van der Waals surface area (Å²) in [5.41, 5.74) is 0.893. The van der Waals surface area contributed by atoms with Crippen molar-refractivity contribution in [3.8, 4) is 11.5 Å². The zero-order chi connectivity index (χ0) is 15.7. The number of aliphatic imine (C=N–C) groups is 1. The van der Waals surface area contributed by atoms with Crippen molar-refractivity contribution >= 4 is 11.6 Å². The summed E-state index contributed by atoms with van der Waals surface area (Å²) < 4.78 is 10.5. The van der Waals surface area contributed by atoms with E-state index in [0.29, 0.717) is 11.5 Å². The van der Waals surface area contributed by atoms with Crippen LogP contribution < -0.4 is 20.1 Å². The summed E-state index contributed by atoms with van der Waals surface area (Å²) in [7, 11) is 7.08. The Bertz CT molecular complexity index is 463. The van der Waals surface area contributed by atoms with E-state index in [2.05, 4.69) is 34.5 Å². The first-order valence-corrected chi connectivity index (χ1v) is 7.02. The smallest absolute Gasteiger partial charge is 0.195 e. The molecule has 118 valence electrons.